The number of nitrogens with one attached hydrogen (secondary N) is 1. The summed E-state index contributed by atoms with van der Waals surface area (Å²) in [5, 5.41) is 5.00. The van der Waals surface area contributed by atoms with E-state index in [1.807, 2.05) is 11.3 Å². The Balaban J connectivity index is 2.11. The zero-order chi connectivity index (χ0) is 13.0. The molecule has 0 fully saturated rings. The second-order valence-corrected chi connectivity index (χ2v) is 6.65. The van der Waals surface area contributed by atoms with Gasteiger partial charge in [-0.1, -0.05) is 33.1 Å². The van der Waals surface area contributed by atoms with E-state index in [4.69, 9.17) is 4.98 Å². The molecule has 1 heterocycles. The van der Waals surface area contributed by atoms with Crippen molar-refractivity contribution in [2.45, 2.75) is 71.3 Å². The Morgan fingerprint density at radius 2 is 2.11 bits per heavy atom. The first-order valence-electron chi connectivity index (χ1n) is 7.43. The third-order valence-corrected chi connectivity index (χ3v) is 5.34. The molecule has 0 saturated heterocycles. The number of hydrogen-bond donors (Lipinski definition) is 1. The number of thiazole rings is 1. The van der Waals surface area contributed by atoms with Crippen LogP contribution in [0.3, 0.4) is 0 Å². The number of hydrogen-bond acceptors (Lipinski definition) is 3. The van der Waals surface area contributed by atoms with Crippen LogP contribution in [0, 0.1) is 0 Å². The lowest BCUT2D eigenvalue weighted by atomic mass is 9.95. The van der Waals surface area contributed by atoms with E-state index in [-0.39, 0.29) is 5.54 Å². The zero-order valence-corrected chi connectivity index (χ0v) is 12.8. The van der Waals surface area contributed by atoms with E-state index < -0.39 is 0 Å². The molecular formula is C15H26N2S. The fraction of sp³-hybridized carbons (Fsp3) is 0.800. The molecule has 2 nitrogen and oxygen atoms in total. The SMILES string of the molecule is CCCCCC(C)(NCC)c1nc2c(s1)CCC2. The average molecular weight is 266 g/mol. The van der Waals surface area contributed by atoms with Crippen molar-refractivity contribution in [1.29, 1.82) is 0 Å². The van der Waals surface area contributed by atoms with Gasteiger partial charge in [-0.2, -0.15) is 0 Å². The normalized spacial score (nSPS) is 17.7. The second-order valence-electron chi connectivity index (χ2n) is 5.56. The highest BCUT2D eigenvalue weighted by atomic mass is 32.1. The summed E-state index contributed by atoms with van der Waals surface area (Å²) < 4.78 is 0. The fourth-order valence-corrected chi connectivity index (χ4v) is 4.12. The summed E-state index contributed by atoms with van der Waals surface area (Å²) in [5.41, 5.74) is 1.48. The van der Waals surface area contributed by atoms with Crippen molar-refractivity contribution in [3.8, 4) is 0 Å². The largest absolute Gasteiger partial charge is 0.306 e. The van der Waals surface area contributed by atoms with Gasteiger partial charge in [0.2, 0.25) is 0 Å². The van der Waals surface area contributed by atoms with Gasteiger partial charge in [-0.05, 0) is 39.2 Å². The van der Waals surface area contributed by atoms with Crippen molar-refractivity contribution in [2.24, 2.45) is 0 Å². The molecular weight excluding hydrogens is 240 g/mol. The van der Waals surface area contributed by atoms with Crippen molar-refractivity contribution >= 4 is 11.3 Å². The molecule has 102 valence electrons. The number of rotatable bonds is 7. The topological polar surface area (TPSA) is 24.9 Å². The maximum atomic E-state index is 4.92. The van der Waals surface area contributed by atoms with Gasteiger partial charge in [0.25, 0.3) is 0 Å². The second kappa shape index (κ2) is 6.16. The minimum absolute atomic E-state index is 0.0962. The van der Waals surface area contributed by atoms with E-state index in [9.17, 15) is 0 Å². The Labute approximate surface area is 115 Å². The van der Waals surface area contributed by atoms with Crippen LogP contribution in [0.1, 0.15) is 68.5 Å². The molecule has 1 atom stereocenters. The van der Waals surface area contributed by atoms with Gasteiger partial charge in [0.15, 0.2) is 0 Å². The lowest BCUT2D eigenvalue weighted by molar-refractivity contribution is 0.333. The molecule has 1 aliphatic rings. The predicted molar refractivity (Wildman–Crippen MR) is 79.3 cm³/mol. The van der Waals surface area contributed by atoms with Crippen molar-refractivity contribution in [3.63, 3.8) is 0 Å². The van der Waals surface area contributed by atoms with Crippen molar-refractivity contribution in [2.75, 3.05) is 6.54 Å². The van der Waals surface area contributed by atoms with Gasteiger partial charge < -0.3 is 5.32 Å². The Hall–Kier alpha value is -0.410. The molecule has 3 heteroatoms. The van der Waals surface area contributed by atoms with Crippen LogP contribution < -0.4 is 5.32 Å². The van der Waals surface area contributed by atoms with E-state index in [0.717, 1.165) is 6.54 Å². The standard InChI is InChI=1S/C15H26N2S/c1-4-6-7-11-15(3,16-5-2)14-17-12-9-8-10-13(12)18-14/h16H,4-11H2,1-3H3. The van der Waals surface area contributed by atoms with Crippen LogP contribution in [0.4, 0.5) is 0 Å². The van der Waals surface area contributed by atoms with Crippen molar-refractivity contribution in [3.05, 3.63) is 15.6 Å². The van der Waals surface area contributed by atoms with Gasteiger partial charge in [-0.25, -0.2) is 4.98 Å². The minimum atomic E-state index is 0.0962. The number of aromatic nitrogens is 1. The van der Waals surface area contributed by atoms with Gasteiger partial charge in [0.05, 0.1) is 11.2 Å². The van der Waals surface area contributed by atoms with Crippen LogP contribution in [0.25, 0.3) is 0 Å². The number of unbranched alkanes of at least 4 members (excludes halogenated alkanes) is 2. The summed E-state index contributed by atoms with van der Waals surface area (Å²) in [7, 11) is 0. The molecule has 1 aromatic rings. The Kier molecular flexibility index (Phi) is 4.79. The highest BCUT2D eigenvalue weighted by molar-refractivity contribution is 7.12. The fourth-order valence-electron chi connectivity index (χ4n) is 2.82. The molecule has 1 aromatic heterocycles. The molecule has 1 N–H and O–H groups in total. The molecule has 1 unspecified atom stereocenters. The monoisotopic (exact) mass is 266 g/mol. The quantitative estimate of drug-likeness (QED) is 0.754. The van der Waals surface area contributed by atoms with Gasteiger partial charge in [0, 0.05) is 4.88 Å². The number of fused-ring (bicyclic) bond motifs is 1. The van der Waals surface area contributed by atoms with E-state index in [2.05, 4.69) is 26.1 Å². The lowest BCUT2D eigenvalue weighted by Crippen LogP contribution is -2.39. The van der Waals surface area contributed by atoms with Crippen LogP contribution in [0.5, 0.6) is 0 Å². The first-order chi connectivity index (χ1) is 8.69. The summed E-state index contributed by atoms with van der Waals surface area (Å²) in [6.45, 7) is 7.81. The summed E-state index contributed by atoms with van der Waals surface area (Å²) in [6.07, 6.45) is 8.88. The van der Waals surface area contributed by atoms with Gasteiger partial charge in [-0.3, -0.25) is 0 Å². The van der Waals surface area contributed by atoms with Crippen molar-refractivity contribution in [1.82, 2.24) is 10.3 Å². The number of nitrogens with zero attached hydrogens (tertiary/aromatic N) is 1. The molecule has 2 rings (SSSR count). The maximum Gasteiger partial charge on any atom is 0.113 e. The summed E-state index contributed by atoms with van der Waals surface area (Å²) in [6, 6.07) is 0. The third kappa shape index (κ3) is 2.94. The molecule has 18 heavy (non-hydrogen) atoms. The lowest BCUT2D eigenvalue weighted by Gasteiger charge is -2.28. The summed E-state index contributed by atoms with van der Waals surface area (Å²) in [4.78, 5) is 6.46. The molecule has 1 aliphatic carbocycles. The smallest absolute Gasteiger partial charge is 0.113 e. The van der Waals surface area contributed by atoms with Gasteiger partial charge >= 0.3 is 0 Å². The Morgan fingerprint density at radius 1 is 1.28 bits per heavy atom. The molecule has 0 aliphatic heterocycles. The first-order valence-corrected chi connectivity index (χ1v) is 8.25. The molecule has 0 bridgehead atoms. The molecule has 0 aromatic carbocycles. The average Bonchev–Trinajstić information content (AvgIpc) is 2.89. The van der Waals surface area contributed by atoms with Crippen LogP contribution in [0.15, 0.2) is 0 Å². The van der Waals surface area contributed by atoms with Crippen LogP contribution in [0.2, 0.25) is 0 Å². The van der Waals surface area contributed by atoms with Gasteiger partial charge in [0.1, 0.15) is 5.01 Å². The zero-order valence-electron chi connectivity index (χ0n) is 12.0. The Bertz CT molecular complexity index is 364. The van der Waals surface area contributed by atoms with Crippen LogP contribution in [-0.4, -0.2) is 11.5 Å². The van der Waals surface area contributed by atoms with Crippen molar-refractivity contribution < 1.29 is 0 Å². The van der Waals surface area contributed by atoms with Crippen LogP contribution in [-0.2, 0) is 18.4 Å². The predicted octanol–water partition coefficient (Wildman–Crippen LogP) is 4.04. The maximum absolute atomic E-state index is 4.92. The summed E-state index contributed by atoms with van der Waals surface area (Å²) in [5.74, 6) is 0. The highest BCUT2D eigenvalue weighted by Crippen LogP contribution is 2.35. The van der Waals surface area contributed by atoms with E-state index >= 15 is 0 Å². The molecule has 0 radical (unpaired) electrons. The highest BCUT2D eigenvalue weighted by Gasteiger charge is 2.30. The number of aryl methyl sites for hydroxylation is 2. The van der Waals surface area contributed by atoms with E-state index in [1.165, 1.54) is 55.6 Å². The van der Waals surface area contributed by atoms with E-state index in [1.54, 1.807) is 4.88 Å². The molecule has 0 amide bonds. The Morgan fingerprint density at radius 3 is 2.78 bits per heavy atom. The molecule has 0 spiro atoms. The van der Waals surface area contributed by atoms with Crippen LogP contribution >= 0.6 is 11.3 Å². The molecule has 0 saturated carbocycles. The summed E-state index contributed by atoms with van der Waals surface area (Å²) >= 11 is 1.95. The minimum Gasteiger partial charge on any atom is -0.306 e. The van der Waals surface area contributed by atoms with Gasteiger partial charge in [-0.15, -0.1) is 11.3 Å². The third-order valence-electron chi connectivity index (χ3n) is 3.91. The van der Waals surface area contributed by atoms with E-state index in [0.29, 0.717) is 0 Å². The first kappa shape index (κ1) is 14.0.